The van der Waals surface area contributed by atoms with E-state index >= 15 is 0 Å². The van der Waals surface area contributed by atoms with E-state index in [0.717, 1.165) is 45.4 Å². The van der Waals surface area contributed by atoms with Crippen LogP contribution in [0, 0.1) is 11.8 Å². The lowest BCUT2D eigenvalue weighted by molar-refractivity contribution is -0.146. The number of carbonyl (C=O) groups excluding carboxylic acids is 2. The van der Waals surface area contributed by atoms with Gasteiger partial charge in [-0.2, -0.15) is 0 Å². The van der Waals surface area contributed by atoms with Crippen molar-refractivity contribution in [2.24, 2.45) is 11.8 Å². The maximum absolute atomic E-state index is 13.1. The fourth-order valence-electron chi connectivity index (χ4n) is 8.26. The molecule has 0 aliphatic rings. The van der Waals surface area contributed by atoms with Crippen molar-refractivity contribution in [3.05, 3.63) is 0 Å². The second-order valence-electron chi connectivity index (χ2n) is 17.9. The Kier molecular flexibility index (Phi) is 44.4. The van der Waals surface area contributed by atoms with E-state index < -0.39 is 0 Å². The van der Waals surface area contributed by atoms with Crippen molar-refractivity contribution in [1.29, 1.82) is 0 Å². The molecule has 0 spiro atoms. The van der Waals surface area contributed by atoms with E-state index in [1.165, 1.54) is 180 Å². The molecule has 0 rings (SSSR count). The molecule has 0 saturated carbocycles. The number of hydrogen-bond donors (Lipinski definition) is 1. The monoisotopic (exact) mass is 823 g/mol. The molecule has 7 nitrogen and oxygen atoms in total. The van der Waals surface area contributed by atoms with Gasteiger partial charge in [-0.15, -0.1) is 0 Å². The zero-order chi connectivity index (χ0) is 42.6. The SMILES string of the molecule is CCCCCCCCCCC(CCCCCCCC)COC(=O)CCN(CCCCCC(=O)OCC(CCCCCC)CCCCCCCC)CCN(CC)CCO. The summed E-state index contributed by atoms with van der Waals surface area (Å²) >= 11 is 0. The summed E-state index contributed by atoms with van der Waals surface area (Å²) in [5.74, 6) is 0.869. The normalized spacial score (nSPS) is 12.8. The first-order valence-electron chi connectivity index (χ1n) is 25.8. The number of ether oxygens (including phenoxy) is 2. The smallest absolute Gasteiger partial charge is 0.307 e. The molecule has 2 unspecified atom stereocenters. The number of nitrogens with zero attached hydrogens (tertiary/aromatic N) is 2. The van der Waals surface area contributed by atoms with Crippen molar-refractivity contribution in [2.45, 2.75) is 247 Å². The summed E-state index contributed by atoms with van der Waals surface area (Å²) in [5.41, 5.74) is 0. The summed E-state index contributed by atoms with van der Waals surface area (Å²) in [5, 5.41) is 9.53. The third-order valence-corrected chi connectivity index (χ3v) is 12.4. The molecule has 0 saturated heterocycles. The van der Waals surface area contributed by atoms with Crippen LogP contribution in [0.5, 0.6) is 0 Å². The standard InChI is InChI=1S/C51H102N2O5/c1-6-11-15-19-22-23-26-31-37-49(36-30-25-21-17-13-8-3)47-58-51(56)39-41-53(43-42-52(10-5)44-45-54)40-33-27-32-38-50(55)57-46-48(34-28-18-14-9-4)35-29-24-20-16-12-7-2/h48-49,54H,6-47H2,1-5H3. The molecule has 346 valence electrons. The third-order valence-electron chi connectivity index (χ3n) is 12.4. The third kappa shape index (κ3) is 39.0. The molecule has 7 heteroatoms. The molecular formula is C51H102N2O5. The fourth-order valence-corrected chi connectivity index (χ4v) is 8.26. The van der Waals surface area contributed by atoms with E-state index in [0.29, 0.717) is 51.0 Å². The lowest BCUT2D eigenvalue weighted by atomic mass is 9.94. The highest BCUT2D eigenvalue weighted by atomic mass is 16.5. The van der Waals surface area contributed by atoms with Gasteiger partial charge in [0.15, 0.2) is 0 Å². The number of aliphatic hydroxyl groups is 1. The maximum Gasteiger partial charge on any atom is 0.307 e. The highest BCUT2D eigenvalue weighted by Gasteiger charge is 2.16. The van der Waals surface area contributed by atoms with Crippen LogP contribution in [0.1, 0.15) is 247 Å². The molecule has 0 aromatic heterocycles. The van der Waals surface area contributed by atoms with Gasteiger partial charge in [0.2, 0.25) is 0 Å². The van der Waals surface area contributed by atoms with Crippen LogP contribution in [-0.4, -0.2) is 85.9 Å². The van der Waals surface area contributed by atoms with Crippen molar-refractivity contribution < 1.29 is 24.2 Å². The van der Waals surface area contributed by atoms with Crippen LogP contribution in [0.3, 0.4) is 0 Å². The summed E-state index contributed by atoms with van der Waals surface area (Å²) in [4.78, 5) is 30.5. The number of hydrogen-bond acceptors (Lipinski definition) is 7. The van der Waals surface area contributed by atoms with Crippen LogP contribution in [0.15, 0.2) is 0 Å². The Hall–Kier alpha value is -1.18. The van der Waals surface area contributed by atoms with Crippen LogP contribution in [0.4, 0.5) is 0 Å². The van der Waals surface area contributed by atoms with Gasteiger partial charge in [0.25, 0.3) is 0 Å². The molecule has 58 heavy (non-hydrogen) atoms. The molecule has 0 aromatic rings. The molecule has 0 aromatic carbocycles. The first-order valence-corrected chi connectivity index (χ1v) is 25.8. The highest BCUT2D eigenvalue weighted by molar-refractivity contribution is 5.69. The van der Waals surface area contributed by atoms with Gasteiger partial charge in [0, 0.05) is 32.6 Å². The number of aliphatic hydroxyl groups excluding tert-OH is 1. The van der Waals surface area contributed by atoms with Crippen molar-refractivity contribution >= 4 is 11.9 Å². The van der Waals surface area contributed by atoms with Gasteiger partial charge >= 0.3 is 11.9 Å². The van der Waals surface area contributed by atoms with Crippen molar-refractivity contribution in [3.63, 3.8) is 0 Å². The van der Waals surface area contributed by atoms with Gasteiger partial charge in [-0.3, -0.25) is 9.59 Å². The van der Waals surface area contributed by atoms with Gasteiger partial charge in [0.05, 0.1) is 26.2 Å². The van der Waals surface area contributed by atoms with E-state index in [9.17, 15) is 14.7 Å². The van der Waals surface area contributed by atoms with Gasteiger partial charge in [0.1, 0.15) is 0 Å². The number of carbonyl (C=O) groups is 2. The van der Waals surface area contributed by atoms with Crippen LogP contribution < -0.4 is 0 Å². The molecule has 0 radical (unpaired) electrons. The molecular weight excluding hydrogens is 721 g/mol. The quantitative estimate of drug-likeness (QED) is 0.0484. The molecule has 0 amide bonds. The van der Waals surface area contributed by atoms with Crippen molar-refractivity contribution in [2.75, 3.05) is 59.1 Å². The molecule has 0 aliphatic carbocycles. The van der Waals surface area contributed by atoms with Gasteiger partial charge in [-0.25, -0.2) is 0 Å². The van der Waals surface area contributed by atoms with E-state index in [4.69, 9.17) is 9.47 Å². The van der Waals surface area contributed by atoms with E-state index in [2.05, 4.69) is 44.4 Å². The van der Waals surface area contributed by atoms with Crippen LogP contribution >= 0.6 is 0 Å². The van der Waals surface area contributed by atoms with Gasteiger partial charge in [-0.05, 0) is 63.5 Å². The Balaban J connectivity index is 4.86. The number of rotatable bonds is 47. The number of esters is 2. The average molecular weight is 823 g/mol. The van der Waals surface area contributed by atoms with E-state index in [-0.39, 0.29) is 18.5 Å². The lowest BCUT2D eigenvalue weighted by Gasteiger charge is -2.26. The summed E-state index contributed by atoms with van der Waals surface area (Å²) in [6, 6.07) is 0. The van der Waals surface area contributed by atoms with Crippen LogP contribution in [0.25, 0.3) is 0 Å². The Labute approximate surface area is 362 Å². The minimum atomic E-state index is -0.0699. The predicted molar refractivity (Wildman–Crippen MR) is 250 cm³/mol. The Morgan fingerprint density at radius 1 is 0.397 bits per heavy atom. The largest absolute Gasteiger partial charge is 0.465 e. The Morgan fingerprint density at radius 2 is 0.759 bits per heavy atom. The highest BCUT2D eigenvalue weighted by Crippen LogP contribution is 2.22. The molecule has 0 bridgehead atoms. The Morgan fingerprint density at radius 3 is 1.17 bits per heavy atom. The molecule has 0 aliphatic heterocycles. The van der Waals surface area contributed by atoms with E-state index in [1.54, 1.807) is 0 Å². The van der Waals surface area contributed by atoms with E-state index in [1.807, 2.05) is 0 Å². The topological polar surface area (TPSA) is 79.3 Å². The Bertz CT molecular complexity index is 857. The average Bonchev–Trinajstić information content (AvgIpc) is 3.23. The minimum absolute atomic E-state index is 0.0408. The zero-order valence-electron chi connectivity index (χ0n) is 39.8. The first-order chi connectivity index (χ1) is 28.4. The van der Waals surface area contributed by atoms with Crippen molar-refractivity contribution in [1.82, 2.24) is 9.80 Å². The maximum atomic E-state index is 13.1. The van der Waals surface area contributed by atoms with Gasteiger partial charge in [-0.1, -0.05) is 195 Å². The molecule has 0 fully saturated rings. The second kappa shape index (κ2) is 45.3. The second-order valence-corrected chi connectivity index (χ2v) is 17.9. The summed E-state index contributed by atoms with van der Waals surface area (Å²) in [7, 11) is 0. The molecule has 0 heterocycles. The van der Waals surface area contributed by atoms with Crippen molar-refractivity contribution in [3.8, 4) is 0 Å². The first kappa shape index (κ1) is 56.8. The lowest BCUT2D eigenvalue weighted by Crippen LogP contribution is -2.38. The zero-order valence-corrected chi connectivity index (χ0v) is 39.8. The summed E-state index contributed by atoms with van der Waals surface area (Å²) in [6.45, 7) is 17.4. The summed E-state index contributed by atoms with van der Waals surface area (Å²) < 4.78 is 11.8. The number of unbranched alkanes of at least 4 members (excludes halogenated alkanes) is 22. The van der Waals surface area contributed by atoms with Gasteiger partial charge < -0.3 is 24.4 Å². The number of likely N-dealkylation sites (N-methyl/N-ethyl adjacent to an activating group) is 1. The fraction of sp³-hybridized carbons (Fsp3) is 0.961. The van der Waals surface area contributed by atoms with Crippen LogP contribution in [0.2, 0.25) is 0 Å². The molecule has 2 atom stereocenters. The predicted octanol–water partition coefficient (Wildman–Crippen LogP) is 13.9. The van der Waals surface area contributed by atoms with Crippen LogP contribution in [-0.2, 0) is 19.1 Å². The molecule has 1 N–H and O–H groups in total. The summed E-state index contributed by atoms with van der Waals surface area (Å²) in [6.07, 6.45) is 39.8. The minimum Gasteiger partial charge on any atom is -0.465 e.